The van der Waals surface area contributed by atoms with Crippen molar-refractivity contribution in [3.05, 3.63) is 29.3 Å². The molecule has 0 aromatic heterocycles. The molecule has 0 radical (unpaired) electrons. The van der Waals surface area contributed by atoms with Crippen molar-refractivity contribution in [1.29, 1.82) is 0 Å². The summed E-state index contributed by atoms with van der Waals surface area (Å²) in [5.74, 6) is -0.0560. The zero-order valence-corrected chi connectivity index (χ0v) is 12.3. The van der Waals surface area contributed by atoms with Gasteiger partial charge in [0.25, 0.3) is 0 Å². The van der Waals surface area contributed by atoms with Crippen LogP contribution in [0.15, 0.2) is 18.2 Å². The predicted molar refractivity (Wildman–Crippen MR) is 78.1 cm³/mol. The van der Waals surface area contributed by atoms with Crippen molar-refractivity contribution in [2.75, 3.05) is 26.9 Å². The fourth-order valence-electron chi connectivity index (χ4n) is 2.26. The van der Waals surface area contributed by atoms with Crippen LogP contribution in [0.25, 0.3) is 0 Å². The highest BCUT2D eigenvalue weighted by Gasteiger charge is 2.36. The van der Waals surface area contributed by atoms with Gasteiger partial charge in [0.2, 0.25) is 5.91 Å². The van der Waals surface area contributed by atoms with Crippen LogP contribution in [-0.4, -0.2) is 50.9 Å². The van der Waals surface area contributed by atoms with Crippen molar-refractivity contribution in [3.63, 3.8) is 0 Å². The maximum absolute atomic E-state index is 11.8. The summed E-state index contributed by atoms with van der Waals surface area (Å²) in [6.45, 7) is 2.66. The monoisotopic (exact) mass is 293 g/mol. The van der Waals surface area contributed by atoms with E-state index in [0.29, 0.717) is 25.4 Å². The van der Waals surface area contributed by atoms with E-state index in [1.54, 1.807) is 7.11 Å². The normalized spacial score (nSPS) is 17.1. The zero-order valence-electron chi connectivity index (χ0n) is 12.3. The van der Waals surface area contributed by atoms with Crippen LogP contribution in [0, 0.1) is 6.92 Å². The number of methoxy groups -OCH3 is 1. The molecular weight excluding hydrogens is 273 g/mol. The van der Waals surface area contributed by atoms with Crippen molar-refractivity contribution in [2.24, 2.45) is 0 Å². The molecule has 0 spiro atoms. The maximum Gasteiger partial charge on any atom is 0.547 e. The molecule has 0 aliphatic carbocycles. The van der Waals surface area contributed by atoms with Crippen LogP contribution < -0.4 is 9.97 Å². The van der Waals surface area contributed by atoms with Crippen molar-refractivity contribution < 1.29 is 23.9 Å². The molecule has 6 nitrogen and oxygen atoms in total. The summed E-state index contributed by atoms with van der Waals surface area (Å²) in [7, 11) is 0.514. The van der Waals surface area contributed by atoms with Gasteiger partial charge in [0.1, 0.15) is 12.4 Å². The van der Waals surface area contributed by atoms with E-state index in [1.165, 1.54) is 0 Å². The number of fused-ring (bicyclic) bond motifs is 1. The Labute approximate surface area is 124 Å². The minimum absolute atomic E-state index is 0.0622. The van der Waals surface area contributed by atoms with Crippen LogP contribution in [0.3, 0.4) is 0 Å². The second kappa shape index (κ2) is 7.45. The largest absolute Gasteiger partial charge is 0.547 e. The molecule has 1 heterocycles. The van der Waals surface area contributed by atoms with Crippen molar-refractivity contribution in [2.45, 2.75) is 19.3 Å². The second-order valence-electron chi connectivity index (χ2n) is 5.00. The Hall–Kier alpha value is -1.57. The SMILES string of the molecule is COCCOCC(=O)N[C@H]1Cc2cccc(C)c2OB1O. The van der Waals surface area contributed by atoms with Crippen LogP contribution in [0.1, 0.15) is 11.1 Å². The van der Waals surface area contributed by atoms with Gasteiger partial charge in [-0.05, 0) is 24.5 Å². The standard InChI is InChI=1S/C14H20BNO5/c1-10-4-3-5-11-8-12(15(18)21-14(10)11)16-13(17)9-20-7-6-19-2/h3-5,12,18H,6-9H2,1-2H3,(H,16,17)/t12-/m0/s1. The molecule has 1 amide bonds. The number of amides is 1. The number of carbonyl (C=O) groups excluding carboxylic acids is 1. The van der Waals surface area contributed by atoms with E-state index in [0.717, 1.165) is 11.1 Å². The van der Waals surface area contributed by atoms with Gasteiger partial charge in [-0.15, -0.1) is 0 Å². The van der Waals surface area contributed by atoms with Crippen LogP contribution in [0.4, 0.5) is 0 Å². The van der Waals surface area contributed by atoms with Crippen molar-refractivity contribution in [1.82, 2.24) is 5.32 Å². The molecule has 1 aromatic carbocycles. The fraction of sp³-hybridized carbons (Fsp3) is 0.500. The van der Waals surface area contributed by atoms with Gasteiger partial charge in [-0.1, -0.05) is 18.2 Å². The van der Waals surface area contributed by atoms with Crippen LogP contribution in [-0.2, 0) is 20.7 Å². The fourth-order valence-corrected chi connectivity index (χ4v) is 2.26. The van der Waals surface area contributed by atoms with Gasteiger partial charge in [-0.2, -0.15) is 0 Å². The maximum atomic E-state index is 11.8. The summed E-state index contributed by atoms with van der Waals surface area (Å²) in [6.07, 6.45) is 0.530. The Bertz CT molecular complexity index is 496. The van der Waals surface area contributed by atoms with Gasteiger partial charge in [0.05, 0.1) is 19.2 Å². The first-order valence-corrected chi connectivity index (χ1v) is 6.91. The summed E-state index contributed by atoms with van der Waals surface area (Å²) in [5, 5.41) is 12.7. The van der Waals surface area contributed by atoms with Gasteiger partial charge in [-0.3, -0.25) is 4.79 Å². The van der Waals surface area contributed by atoms with Gasteiger partial charge in [0.15, 0.2) is 0 Å². The number of rotatable bonds is 6. The first-order chi connectivity index (χ1) is 10.1. The van der Waals surface area contributed by atoms with Crippen molar-refractivity contribution in [3.8, 4) is 5.75 Å². The highest BCUT2D eigenvalue weighted by Crippen LogP contribution is 2.29. The van der Waals surface area contributed by atoms with E-state index in [1.807, 2.05) is 25.1 Å². The van der Waals surface area contributed by atoms with E-state index in [4.69, 9.17) is 14.1 Å². The van der Waals surface area contributed by atoms with Gasteiger partial charge in [0, 0.05) is 7.11 Å². The first kappa shape index (κ1) is 15.8. The lowest BCUT2D eigenvalue weighted by atomic mass is 9.72. The quantitative estimate of drug-likeness (QED) is 0.574. The Morgan fingerprint density at radius 2 is 2.33 bits per heavy atom. The highest BCUT2D eigenvalue weighted by atomic mass is 16.5. The molecule has 0 saturated carbocycles. The van der Waals surface area contributed by atoms with Crippen LogP contribution >= 0.6 is 0 Å². The minimum Gasteiger partial charge on any atom is -0.534 e. The highest BCUT2D eigenvalue weighted by molar-refractivity contribution is 6.46. The third-order valence-corrected chi connectivity index (χ3v) is 3.33. The molecule has 0 unspecified atom stereocenters. The average Bonchev–Trinajstić information content (AvgIpc) is 2.46. The van der Waals surface area contributed by atoms with Gasteiger partial charge in [-0.25, -0.2) is 0 Å². The summed E-state index contributed by atoms with van der Waals surface area (Å²) < 4.78 is 15.5. The molecule has 7 heteroatoms. The molecule has 1 aliphatic rings. The summed E-state index contributed by atoms with van der Waals surface area (Å²) >= 11 is 0. The number of benzene rings is 1. The lowest BCUT2D eigenvalue weighted by molar-refractivity contribution is -0.126. The topological polar surface area (TPSA) is 77.0 Å². The number of hydrogen-bond acceptors (Lipinski definition) is 5. The van der Waals surface area contributed by atoms with Crippen molar-refractivity contribution >= 4 is 13.0 Å². The number of para-hydroxylation sites is 1. The third kappa shape index (κ3) is 4.20. The number of hydrogen-bond donors (Lipinski definition) is 2. The van der Waals surface area contributed by atoms with E-state index in [9.17, 15) is 9.82 Å². The van der Waals surface area contributed by atoms with Gasteiger partial charge < -0.3 is 24.5 Å². The zero-order chi connectivity index (χ0) is 15.2. The molecular formula is C14H20BNO5. The molecule has 21 heavy (non-hydrogen) atoms. The Morgan fingerprint density at radius 1 is 1.52 bits per heavy atom. The molecule has 2 N–H and O–H groups in total. The van der Waals surface area contributed by atoms with Crippen LogP contribution in [0.5, 0.6) is 5.75 Å². The molecule has 0 saturated heterocycles. The second-order valence-corrected chi connectivity index (χ2v) is 5.00. The minimum atomic E-state index is -1.05. The summed E-state index contributed by atoms with van der Waals surface area (Å²) in [4.78, 5) is 11.8. The number of aryl methyl sites for hydroxylation is 1. The molecule has 0 bridgehead atoms. The van der Waals surface area contributed by atoms with Crippen LogP contribution in [0.2, 0.25) is 0 Å². The summed E-state index contributed by atoms with van der Waals surface area (Å²) in [6, 6.07) is 5.79. The third-order valence-electron chi connectivity index (χ3n) is 3.33. The molecule has 0 fully saturated rings. The summed E-state index contributed by atoms with van der Waals surface area (Å²) in [5.41, 5.74) is 1.95. The molecule has 1 aliphatic heterocycles. The number of nitrogens with one attached hydrogen (secondary N) is 1. The molecule has 1 aromatic rings. The molecule has 1 atom stereocenters. The van der Waals surface area contributed by atoms with E-state index in [-0.39, 0.29) is 12.5 Å². The smallest absolute Gasteiger partial charge is 0.534 e. The first-order valence-electron chi connectivity index (χ1n) is 6.91. The molecule has 114 valence electrons. The molecule has 2 rings (SSSR count). The Balaban J connectivity index is 1.88. The number of carbonyl (C=O) groups is 1. The Morgan fingerprint density at radius 3 is 3.10 bits per heavy atom. The lowest BCUT2D eigenvalue weighted by Gasteiger charge is -2.29. The lowest BCUT2D eigenvalue weighted by Crippen LogP contribution is -2.53. The van der Waals surface area contributed by atoms with E-state index >= 15 is 0 Å². The average molecular weight is 293 g/mol. The van der Waals surface area contributed by atoms with E-state index < -0.39 is 13.1 Å². The Kier molecular flexibility index (Phi) is 5.61. The van der Waals surface area contributed by atoms with E-state index in [2.05, 4.69) is 5.32 Å². The number of ether oxygens (including phenoxy) is 2. The van der Waals surface area contributed by atoms with Gasteiger partial charge >= 0.3 is 7.12 Å². The predicted octanol–water partition coefficient (Wildman–Crippen LogP) is 0.0974.